The third kappa shape index (κ3) is 10.7. The average molecular weight is 1130 g/mol. The van der Waals surface area contributed by atoms with Crippen LogP contribution in [-0.4, -0.2) is 73.7 Å². The van der Waals surface area contributed by atoms with Gasteiger partial charge in [-0.3, -0.25) is 23.2 Å². The second kappa shape index (κ2) is 21.6. The van der Waals surface area contributed by atoms with Gasteiger partial charge in [0.05, 0.1) is 33.8 Å². The van der Waals surface area contributed by atoms with Crippen molar-refractivity contribution >= 4 is 34.8 Å². The maximum atomic E-state index is 14.5. The molecule has 12 aromatic rings. The van der Waals surface area contributed by atoms with Crippen LogP contribution >= 0.6 is 0 Å². The fraction of sp³-hybridized carbons (Fsp3) is 0.111. The molecule has 3 aromatic carbocycles. The number of halogens is 10. The van der Waals surface area contributed by atoms with Crippen molar-refractivity contribution in [3.63, 3.8) is 0 Å². The molecule has 0 atom stereocenters. The maximum Gasteiger partial charge on any atom is 0.433 e. The molecule has 12 rings (SSSR count). The summed E-state index contributed by atoms with van der Waals surface area (Å²) in [5, 5.41) is 23.5. The Morgan fingerprint density at radius 1 is 0.427 bits per heavy atom. The minimum atomic E-state index is -4.70. The number of benzene rings is 3. The highest BCUT2D eigenvalue weighted by atomic mass is 19.4. The molecular formula is C54H38F10N18. The lowest BCUT2D eigenvalue weighted by Gasteiger charge is -2.15. The van der Waals surface area contributed by atoms with E-state index in [1.807, 2.05) is 26.0 Å². The van der Waals surface area contributed by atoms with Gasteiger partial charge in [0, 0.05) is 51.6 Å². The number of rotatable bonds is 7. The van der Waals surface area contributed by atoms with Crippen LogP contribution in [0.4, 0.5) is 61.7 Å². The van der Waals surface area contributed by atoms with E-state index in [9.17, 15) is 43.9 Å². The van der Waals surface area contributed by atoms with Gasteiger partial charge in [0.1, 0.15) is 59.5 Å². The SMILES string of the molecule is Cc1cc(-c2c(-c3ccc(F)cc3F)nc(N)n3cnnc23)cc(C(F)(F)F)n1.Cc1cc(-c2c(-c3ccc(F)cc3F)nc(N)n3cnnc23)cc(C(F)F)n1.Cc1cc(-c2c(-c3ccccc3F)nc(N)n3cnnc23)cc(C)n1. The van der Waals surface area contributed by atoms with Crippen molar-refractivity contribution in [1.82, 2.24) is 73.7 Å². The van der Waals surface area contributed by atoms with Crippen LogP contribution in [0.3, 0.4) is 0 Å². The first kappa shape index (κ1) is 54.8. The number of alkyl halides is 5. The van der Waals surface area contributed by atoms with Crippen LogP contribution in [0.15, 0.2) is 116 Å². The molecule has 0 spiro atoms. The fourth-order valence-electron chi connectivity index (χ4n) is 9.00. The van der Waals surface area contributed by atoms with Gasteiger partial charge in [-0.1, -0.05) is 12.1 Å². The molecule has 0 fully saturated rings. The quantitative estimate of drug-likeness (QED) is 0.126. The lowest BCUT2D eigenvalue weighted by Crippen LogP contribution is -2.10. The van der Waals surface area contributed by atoms with Gasteiger partial charge in [0.2, 0.25) is 17.8 Å². The Morgan fingerprint density at radius 2 is 0.805 bits per heavy atom. The zero-order chi connectivity index (χ0) is 58.5. The molecule has 0 saturated carbocycles. The minimum absolute atomic E-state index is 0.0290. The lowest BCUT2D eigenvalue weighted by atomic mass is 9.99. The van der Waals surface area contributed by atoms with Gasteiger partial charge in [0.15, 0.2) is 16.9 Å². The second-order valence-corrected chi connectivity index (χ2v) is 18.1. The molecule has 0 unspecified atom stereocenters. The number of nitrogens with zero attached hydrogens (tertiary/aromatic N) is 15. The first-order valence-electron chi connectivity index (χ1n) is 24.0. The van der Waals surface area contributed by atoms with E-state index < -0.39 is 47.3 Å². The molecule has 0 bridgehead atoms. The molecule has 82 heavy (non-hydrogen) atoms. The molecule has 0 radical (unpaired) electrons. The fourth-order valence-corrected chi connectivity index (χ4v) is 9.00. The molecule has 0 aliphatic heterocycles. The third-order valence-electron chi connectivity index (χ3n) is 12.3. The predicted octanol–water partition coefficient (Wildman–Crippen LogP) is 11.2. The molecule has 0 amide bonds. The van der Waals surface area contributed by atoms with Crippen molar-refractivity contribution in [3.05, 3.63) is 179 Å². The Balaban J connectivity index is 0.000000138. The molecule has 18 nitrogen and oxygen atoms in total. The standard InChI is InChI=1S/C18H11F5N6.C18H12F4N6.C18H15FN6/c1-8-4-9(5-13(26-8)18(21,22)23)14-15(11-3-2-10(19)6-12(11)20)27-17(24)29-7-25-28-16(14)29;1-8-4-9(5-13(25-8)16(21)22)14-15(11-3-2-10(19)6-12(11)20)26-18(23)28-7-24-27-17(14)28;1-10-7-12(8-11(2)22-10)15-16(13-5-3-4-6-14(13)19)23-18(20)25-9-21-24-17(15)25/h2-7H,1H3,(H2,24,27);2-7,16H,1H3,(H2,23,26);3-9H,1-2H3,(H2,20,23). The van der Waals surface area contributed by atoms with Crippen molar-refractivity contribution in [2.75, 3.05) is 17.2 Å². The van der Waals surface area contributed by atoms with E-state index in [1.54, 1.807) is 35.6 Å². The van der Waals surface area contributed by atoms with E-state index in [1.165, 1.54) is 59.0 Å². The van der Waals surface area contributed by atoms with E-state index >= 15 is 0 Å². The minimum Gasteiger partial charge on any atom is -0.369 e. The summed E-state index contributed by atoms with van der Waals surface area (Å²) >= 11 is 0. The van der Waals surface area contributed by atoms with E-state index in [0.717, 1.165) is 41.2 Å². The van der Waals surface area contributed by atoms with Gasteiger partial charge >= 0.3 is 6.18 Å². The zero-order valence-electron chi connectivity index (χ0n) is 42.8. The Hall–Kier alpha value is -10.5. The summed E-state index contributed by atoms with van der Waals surface area (Å²) in [6, 6.07) is 20.9. The first-order valence-corrected chi connectivity index (χ1v) is 24.0. The Morgan fingerprint density at radius 3 is 1.21 bits per heavy atom. The number of pyridine rings is 3. The number of aryl methyl sites for hydroxylation is 4. The molecule has 0 aliphatic carbocycles. The highest BCUT2D eigenvalue weighted by molar-refractivity contribution is 5.93. The Kier molecular flexibility index (Phi) is 14.4. The van der Waals surface area contributed by atoms with Gasteiger partial charge < -0.3 is 17.2 Å². The largest absolute Gasteiger partial charge is 0.433 e. The first-order chi connectivity index (χ1) is 39.0. The molecule has 6 N–H and O–H groups in total. The molecule has 9 aromatic heterocycles. The Labute approximate surface area is 455 Å². The van der Waals surface area contributed by atoms with Gasteiger partial charge in [-0.2, -0.15) is 13.2 Å². The van der Waals surface area contributed by atoms with Crippen molar-refractivity contribution in [1.29, 1.82) is 0 Å². The summed E-state index contributed by atoms with van der Waals surface area (Å²) in [7, 11) is 0. The maximum absolute atomic E-state index is 14.5. The van der Waals surface area contributed by atoms with Crippen LogP contribution in [0.2, 0.25) is 0 Å². The number of hydrogen-bond donors (Lipinski definition) is 3. The van der Waals surface area contributed by atoms with E-state index in [0.29, 0.717) is 40.3 Å². The average Bonchev–Trinajstić information content (AvgIpc) is 4.07. The summed E-state index contributed by atoms with van der Waals surface area (Å²) in [5.74, 6) is -3.74. The van der Waals surface area contributed by atoms with E-state index in [-0.39, 0.29) is 85.4 Å². The summed E-state index contributed by atoms with van der Waals surface area (Å²) in [5.41, 5.74) is 21.8. The van der Waals surface area contributed by atoms with Crippen LogP contribution in [0.5, 0.6) is 0 Å². The normalized spacial score (nSPS) is 11.5. The van der Waals surface area contributed by atoms with Crippen LogP contribution in [-0.2, 0) is 6.18 Å². The predicted molar refractivity (Wildman–Crippen MR) is 280 cm³/mol. The number of fused-ring (bicyclic) bond motifs is 3. The number of anilines is 3. The topological polar surface area (TPSA) is 246 Å². The van der Waals surface area contributed by atoms with E-state index in [4.69, 9.17) is 17.2 Å². The van der Waals surface area contributed by atoms with Gasteiger partial charge in [-0.05, 0) is 117 Å². The Bertz CT molecular complexity index is 4420. The van der Waals surface area contributed by atoms with Crippen LogP contribution < -0.4 is 17.2 Å². The lowest BCUT2D eigenvalue weighted by molar-refractivity contribution is -0.141. The number of aromatic nitrogens is 15. The summed E-state index contributed by atoms with van der Waals surface area (Å²) in [4.78, 5) is 24.5. The molecule has 0 saturated heterocycles. The van der Waals surface area contributed by atoms with Crippen LogP contribution in [0, 0.1) is 56.8 Å². The van der Waals surface area contributed by atoms with Crippen LogP contribution in [0.25, 0.3) is 84.1 Å². The highest BCUT2D eigenvalue weighted by Crippen LogP contribution is 2.41. The summed E-state index contributed by atoms with van der Waals surface area (Å²) in [6.45, 7) is 6.76. The third-order valence-corrected chi connectivity index (χ3v) is 12.3. The summed E-state index contributed by atoms with van der Waals surface area (Å²) < 4.78 is 141. The number of nitrogen functional groups attached to an aromatic ring is 3. The molecule has 414 valence electrons. The van der Waals surface area contributed by atoms with E-state index in [2.05, 4.69) is 60.5 Å². The van der Waals surface area contributed by atoms with Crippen LogP contribution in [0.1, 0.15) is 40.6 Å². The monoisotopic (exact) mass is 1130 g/mol. The smallest absolute Gasteiger partial charge is 0.369 e. The van der Waals surface area contributed by atoms with Crippen molar-refractivity contribution in [2.24, 2.45) is 0 Å². The van der Waals surface area contributed by atoms with Crippen molar-refractivity contribution in [2.45, 2.75) is 40.3 Å². The molecule has 9 heterocycles. The van der Waals surface area contributed by atoms with Gasteiger partial charge in [-0.15, -0.1) is 30.6 Å². The zero-order valence-corrected chi connectivity index (χ0v) is 42.8. The molecule has 28 heteroatoms. The summed E-state index contributed by atoms with van der Waals surface area (Å²) in [6.07, 6.45) is -3.49. The molecular weight excluding hydrogens is 1090 g/mol. The number of nitrogens with two attached hydrogens (primary N) is 3. The van der Waals surface area contributed by atoms with Crippen molar-refractivity contribution in [3.8, 4) is 67.2 Å². The van der Waals surface area contributed by atoms with Gasteiger partial charge in [-0.25, -0.2) is 50.7 Å². The van der Waals surface area contributed by atoms with Gasteiger partial charge in [0.25, 0.3) is 6.43 Å². The highest BCUT2D eigenvalue weighted by Gasteiger charge is 2.34. The second-order valence-electron chi connectivity index (χ2n) is 18.1. The number of hydrogen-bond acceptors (Lipinski definition) is 15. The molecule has 0 aliphatic rings. The van der Waals surface area contributed by atoms with Crippen molar-refractivity contribution < 1.29 is 43.9 Å².